The zero-order chi connectivity index (χ0) is 15.8. The highest BCUT2D eigenvalue weighted by Gasteiger charge is 2.46. The molecule has 0 amide bonds. The fraction of sp³-hybridized carbons (Fsp3) is 0.615. The Balaban J connectivity index is 2.10. The SMILES string of the molecule is C=C1NC(N)=NC=[N+]1[C@@H]1O[C@H](CCP(=C)(C)C)[C@@H](O)[C@H]1O. The number of rotatable bonds is 4. The predicted molar refractivity (Wildman–Crippen MR) is 86.3 cm³/mol. The molecule has 2 aliphatic heterocycles. The van der Waals surface area contributed by atoms with E-state index < -0.39 is 31.4 Å². The predicted octanol–water partition coefficient (Wildman–Crippen LogP) is -1.04. The Bertz CT molecular complexity index is 540. The summed E-state index contributed by atoms with van der Waals surface area (Å²) in [5, 5.41) is 23.1. The monoisotopic (exact) mass is 315 g/mol. The van der Waals surface area contributed by atoms with Crippen LogP contribution >= 0.6 is 6.89 Å². The molecule has 2 rings (SSSR count). The summed E-state index contributed by atoms with van der Waals surface area (Å²) in [5.41, 5.74) is 5.54. The van der Waals surface area contributed by atoms with Gasteiger partial charge >= 0.3 is 5.96 Å². The molecule has 0 aromatic carbocycles. The molecule has 118 valence electrons. The smallest absolute Gasteiger partial charge is 0.335 e. The Morgan fingerprint density at radius 3 is 2.71 bits per heavy atom. The highest BCUT2D eigenvalue weighted by molar-refractivity contribution is 7.72. The van der Waals surface area contributed by atoms with Crippen LogP contribution < -0.4 is 11.1 Å². The van der Waals surface area contributed by atoms with Crippen molar-refractivity contribution in [1.29, 1.82) is 0 Å². The third kappa shape index (κ3) is 3.74. The first-order valence-corrected chi connectivity index (χ1v) is 9.84. The molecule has 21 heavy (non-hydrogen) atoms. The molecule has 0 aromatic heterocycles. The molecular weight excluding hydrogens is 291 g/mol. The van der Waals surface area contributed by atoms with E-state index in [0.29, 0.717) is 12.2 Å². The van der Waals surface area contributed by atoms with Crippen LogP contribution in [0.4, 0.5) is 0 Å². The van der Waals surface area contributed by atoms with Crippen molar-refractivity contribution in [3.8, 4) is 0 Å². The summed E-state index contributed by atoms with van der Waals surface area (Å²) >= 11 is 0. The largest absolute Gasteiger partial charge is 0.387 e. The molecular formula is C13H24N4O3P+. The number of aliphatic hydroxyl groups is 2. The molecule has 0 radical (unpaired) electrons. The number of aliphatic hydroxyl groups excluding tert-OH is 2. The average molecular weight is 315 g/mol. The first-order chi connectivity index (χ1) is 9.69. The minimum absolute atomic E-state index is 0.226. The van der Waals surface area contributed by atoms with Crippen molar-refractivity contribution >= 4 is 25.5 Å². The van der Waals surface area contributed by atoms with E-state index in [9.17, 15) is 10.2 Å². The Kier molecular flexibility index (Phi) is 4.58. The molecule has 2 aliphatic rings. The Morgan fingerprint density at radius 2 is 2.14 bits per heavy atom. The lowest BCUT2D eigenvalue weighted by Gasteiger charge is -2.20. The van der Waals surface area contributed by atoms with Crippen molar-refractivity contribution < 1.29 is 19.5 Å². The Labute approximate surface area is 124 Å². The van der Waals surface area contributed by atoms with Gasteiger partial charge in [0, 0.05) is 0 Å². The van der Waals surface area contributed by atoms with E-state index in [-0.39, 0.29) is 5.96 Å². The van der Waals surface area contributed by atoms with Crippen LogP contribution in [-0.2, 0) is 4.74 Å². The number of aliphatic imine (C=N–C) groups is 1. The van der Waals surface area contributed by atoms with E-state index in [1.54, 1.807) is 0 Å². The van der Waals surface area contributed by atoms with E-state index in [1.165, 1.54) is 10.9 Å². The molecule has 0 bridgehead atoms. The zero-order valence-electron chi connectivity index (χ0n) is 12.4. The topological polar surface area (TPSA) is 103 Å². The second-order valence-corrected chi connectivity index (χ2v) is 10.4. The second kappa shape index (κ2) is 5.93. The van der Waals surface area contributed by atoms with Gasteiger partial charge < -0.3 is 20.7 Å². The molecule has 4 atom stereocenters. The lowest BCUT2D eigenvalue weighted by Crippen LogP contribution is -2.46. The van der Waals surface area contributed by atoms with Crippen LogP contribution in [0.3, 0.4) is 0 Å². The van der Waals surface area contributed by atoms with Gasteiger partial charge in [-0.2, -0.15) is 0 Å². The fourth-order valence-corrected chi connectivity index (χ4v) is 3.29. The Morgan fingerprint density at radius 1 is 1.48 bits per heavy atom. The third-order valence-corrected chi connectivity index (χ3v) is 5.00. The van der Waals surface area contributed by atoms with Crippen molar-refractivity contribution in [3.63, 3.8) is 0 Å². The summed E-state index contributed by atoms with van der Waals surface area (Å²) in [6.45, 7) is 6.86. The first kappa shape index (κ1) is 16.2. The minimum atomic E-state index is -1.20. The molecule has 0 spiro atoms. The number of ether oxygens (including phenoxy) is 1. The first-order valence-electron chi connectivity index (χ1n) is 6.79. The summed E-state index contributed by atoms with van der Waals surface area (Å²) < 4.78 is 7.34. The molecule has 5 N–H and O–H groups in total. The summed E-state index contributed by atoms with van der Waals surface area (Å²) in [4.78, 5) is 3.92. The maximum atomic E-state index is 10.2. The highest BCUT2D eigenvalue weighted by Crippen LogP contribution is 2.38. The summed E-state index contributed by atoms with van der Waals surface area (Å²) in [7, 11) is 0. The average Bonchev–Trinajstić information content (AvgIpc) is 2.64. The molecule has 0 saturated carbocycles. The van der Waals surface area contributed by atoms with Gasteiger partial charge in [-0.25, -0.2) is 9.89 Å². The fourth-order valence-electron chi connectivity index (χ4n) is 2.33. The van der Waals surface area contributed by atoms with Gasteiger partial charge in [0.2, 0.25) is 18.4 Å². The van der Waals surface area contributed by atoms with E-state index >= 15 is 0 Å². The molecule has 0 aliphatic carbocycles. The van der Waals surface area contributed by atoms with Gasteiger partial charge in [-0.05, 0) is 32.5 Å². The third-order valence-electron chi connectivity index (χ3n) is 3.54. The highest BCUT2D eigenvalue weighted by atomic mass is 31.2. The van der Waals surface area contributed by atoms with Gasteiger partial charge in [0.05, 0.1) is 6.10 Å². The van der Waals surface area contributed by atoms with Gasteiger partial charge in [0.15, 0.2) is 0 Å². The zero-order valence-corrected chi connectivity index (χ0v) is 13.3. The van der Waals surface area contributed by atoms with Gasteiger partial charge in [0.25, 0.3) is 0 Å². The number of hydrogen-bond acceptors (Lipinski definition) is 6. The molecule has 1 fully saturated rings. The van der Waals surface area contributed by atoms with Crippen LogP contribution in [0.5, 0.6) is 0 Å². The lowest BCUT2D eigenvalue weighted by molar-refractivity contribution is -0.578. The maximum Gasteiger partial charge on any atom is 0.335 e. The van der Waals surface area contributed by atoms with Crippen molar-refractivity contribution in [2.45, 2.75) is 31.0 Å². The van der Waals surface area contributed by atoms with Crippen LogP contribution in [0.25, 0.3) is 0 Å². The van der Waals surface area contributed by atoms with Crippen molar-refractivity contribution in [1.82, 2.24) is 5.32 Å². The van der Waals surface area contributed by atoms with E-state index in [1.807, 2.05) is 0 Å². The summed E-state index contributed by atoms with van der Waals surface area (Å²) in [5.74, 6) is 0.675. The summed E-state index contributed by atoms with van der Waals surface area (Å²) in [6, 6.07) is 0. The molecule has 2 heterocycles. The van der Waals surface area contributed by atoms with Gasteiger partial charge in [-0.1, -0.05) is 4.99 Å². The van der Waals surface area contributed by atoms with Crippen molar-refractivity contribution in [2.75, 3.05) is 19.5 Å². The standard InChI is InChI=1S/C13H23N4O3P/c1-8-16-13(14)15-7-17(8)12-11(19)10(18)9(20-12)5-6-21(2,3)4/h7,9-12,18-19H,1-2,5-6H2,3-4H3,(H2,14,16)/p+1/t9-,10-,11-,12-/m1/s1. The van der Waals surface area contributed by atoms with Crippen LogP contribution in [0.2, 0.25) is 0 Å². The van der Waals surface area contributed by atoms with Crippen LogP contribution in [-0.4, -0.2) is 77.4 Å². The van der Waals surface area contributed by atoms with Crippen molar-refractivity contribution in [3.05, 3.63) is 12.4 Å². The quantitative estimate of drug-likeness (QED) is 0.392. The van der Waals surface area contributed by atoms with Gasteiger partial charge in [-0.3, -0.25) is 0 Å². The van der Waals surface area contributed by atoms with Crippen LogP contribution in [0.1, 0.15) is 6.42 Å². The molecule has 0 unspecified atom stereocenters. The summed E-state index contributed by atoms with van der Waals surface area (Å²) in [6.07, 6.45) is 4.01. The normalized spacial score (nSPS) is 33.4. The number of hydrogen-bond donors (Lipinski definition) is 4. The number of nitrogens with zero attached hydrogens (tertiary/aromatic N) is 2. The van der Waals surface area contributed by atoms with E-state index in [0.717, 1.165) is 6.16 Å². The van der Waals surface area contributed by atoms with Gasteiger partial charge in [-0.15, -0.1) is 13.2 Å². The van der Waals surface area contributed by atoms with Gasteiger partial charge in [0.1, 0.15) is 12.2 Å². The van der Waals surface area contributed by atoms with Crippen LogP contribution in [0.15, 0.2) is 17.4 Å². The van der Waals surface area contributed by atoms with Crippen LogP contribution in [0, 0.1) is 0 Å². The Hall–Kier alpha value is -1.14. The van der Waals surface area contributed by atoms with E-state index in [2.05, 4.69) is 36.5 Å². The molecule has 8 heteroatoms. The number of nitrogens with two attached hydrogens (primary N) is 1. The van der Waals surface area contributed by atoms with E-state index in [4.69, 9.17) is 10.5 Å². The molecule has 1 saturated heterocycles. The lowest BCUT2D eigenvalue weighted by atomic mass is 10.1. The number of guanidine groups is 1. The molecule has 7 nitrogen and oxygen atoms in total. The maximum absolute atomic E-state index is 10.2. The van der Waals surface area contributed by atoms with Crippen molar-refractivity contribution in [2.24, 2.45) is 10.7 Å². The molecule has 0 aromatic rings. The second-order valence-electron chi connectivity index (χ2n) is 6.10. The minimum Gasteiger partial charge on any atom is -0.387 e. The number of nitrogens with one attached hydrogen (secondary N) is 1.